The molecule has 1 saturated heterocycles. The summed E-state index contributed by atoms with van der Waals surface area (Å²) >= 11 is 3.23. The lowest BCUT2D eigenvalue weighted by Crippen LogP contribution is -2.30. The molecular weight excluding hydrogens is 354 g/mol. The number of carbonyl (C=O) groups excluding carboxylic acids is 1. The second kappa shape index (κ2) is 6.86. The highest BCUT2D eigenvalue weighted by Crippen LogP contribution is 2.26. The van der Waals surface area contributed by atoms with Crippen LogP contribution in [-0.2, 0) is 6.54 Å². The number of amides is 1. The van der Waals surface area contributed by atoms with Crippen molar-refractivity contribution in [3.8, 4) is 0 Å². The molecule has 0 aromatic carbocycles. The van der Waals surface area contributed by atoms with Crippen molar-refractivity contribution in [1.29, 1.82) is 0 Å². The van der Waals surface area contributed by atoms with Crippen molar-refractivity contribution in [3.05, 3.63) is 39.5 Å². The first-order valence-corrected chi connectivity index (χ1v) is 10.2. The van der Waals surface area contributed by atoms with Gasteiger partial charge in [-0.2, -0.15) is 0 Å². The minimum Gasteiger partial charge on any atom is -0.337 e. The molecule has 0 spiro atoms. The van der Waals surface area contributed by atoms with Gasteiger partial charge in [0.25, 0.3) is 5.91 Å². The fourth-order valence-electron chi connectivity index (χ4n) is 3.23. The molecule has 0 radical (unpaired) electrons. The van der Waals surface area contributed by atoms with Crippen LogP contribution in [0.2, 0.25) is 0 Å². The molecule has 0 N–H and O–H groups in total. The van der Waals surface area contributed by atoms with Gasteiger partial charge in [0.15, 0.2) is 10.7 Å². The van der Waals surface area contributed by atoms with Crippen LogP contribution in [0.3, 0.4) is 0 Å². The van der Waals surface area contributed by atoms with Gasteiger partial charge in [0, 0.05) is 42.8 Å². The maximum absolute atomic E-state index is 12.9. The predicted octanol–water partition coefficient (Wildman–Crippen LogP) is 3.28. The Labute approximate surface area is 154 Å². The molecule has 1 atom stereocenters. The molecule has 4 heterocycles. The molecule has 3 aromatic heterocycles. The number of carbonyl (C=O) groups is 1. The largest absolute Gasteiger partial charge is 0.337 e. The first-order chi connectivity index (χ1) is 12.1. The third-order valence-electron chi connectivity index (χ3n) is 4.83. The molecule has 0 saturated carbocycles. The van der Waals surface area contributed by atoms with Crippen LogP contribution in [0.1, 0.15) is 47.0 Å². The topological polar surface area (TPSA) is 53.7 Å². The quantitative estimate of drug-likeness (QED) is 0.687. The standard InChI is InChI=1S/C17H21N5OS2/c1-12(15-18-5-9-24-15)20(2)11-13-14(16(23)21-6-3-4-7-21)19-17-22(13)8-10-25-17/h5,8-10,12H,3-4,6-7,11H2,1-2H3/t12-/m0/s1. The van der Waals surface area contributed by atoms with Gasteiger partial charge in [-0.15, -0.1) is 22.7 Å². The summed E-state index contributed by atoms with van der Waals surface area (Å²) in [6, 6.07) is 0.193. The maximum Gasteiger partial charge on any atom is 0.274 e. The number of hydrogen-bond donors (Lipinski definition) is 0. The molecule has 1 aliphatic heterocycles. The van der Waals surface area contributed by atoms with Gasteiger partial charge in [-0.1, -0.05) is 0 Å². The van der Waals surface area contributed by atoms with E-state index in [1.54, 1.807) is 22.7 Å². The third-order valence-corrected chi connectivity index (χ3v) is 6.53. The van der Waals surface area contributed by atoms with Gasteiger partial charge in [-0.25, -0.2) is 9.97 Å². The number of imidazole rings is 1. The summed E-state index contributed by atoms with van der Waals surface area (Å²) in [7, 11) is 2.07. The third kappa shape index (κ3) is 3.09. The fourth-order valence-corrected chi connectivity index (χ4v) is 4.72. The highest BCUT2D eigenvalue weighted by atomic mass is 32.1. The van der Waals surface area contributed by atoms with Crippen LogP contribution in [-0.4, -0.2) is 50.2 Å². The van der Waals surface area contributed by atoms with Crippen molar-refractivity contribution in [1.82, 2.24) is 24.2 Å². The average molecular weight is 376 g/mol. The Kier molecular flexibility index (Phi) is 4.58. The maximum atomic E-state index is 12.9. The predicted molar refractivity (Wildman–Crippen MR) is 100 cm³/mol. The van der Waals surface area contributed by atoms with E-state index < -0.39 is 0 Å². The summed E-state index contributed by atoms with van der Waals surface area (Å²) in [5.74, 6) is 0.0682. The van der Waals surface area contributed by atoms with Crippen molar-refractivity contribution in [2.24, 2.45) is 0 Å². The molecule has 6 nitrogen and oxygen atoms in total. The number of rotatable bonds is 5. The zero-order valence-corrected chi connectivity index (χ0v) is 16.0. The zero-order chi connectivity index (χ0) is 17.4. The van der Waals surface area contributed by atoms with Crippen molar-refractivity contribution in [3.63, 3.8) is 0 Å². The minimum atomic E-state index is 0.0682. The number of hydrogen-bond acceptors (Lipinski definition) is 6. The molecule has 132 valence electrons. The summed E-state index contributed by atoms with van der Waals surface area (Å²) < 4.78 is 2.05. The molecule has 25 heavy (non-hydrogen) atoms. The second-order valence-corrected chi connectivity index (χ2v) is 8.22. The van der Waals surface area contributed by atoms with E-state index in [2.05, 4.69) is 33.2 Å². The van der Waals surface area contributed by atoms with Crippen LogP contribution in [0.25, 0.3) is 4.96 Å². The number of likely N-dealkylation sites (tertiary alicyclic amines) is 1. The number of fused-ring (bicyclic) bond motifs is 1. The first-order valence-electron chi connectivity index (χ1n) is 8.48. The van der Waals surface area contributed by atoms with Gasteiger partial charge < -0.3 is 4.90 Å². The summed E-state index contributed by atoms with van der Waals surface area (Å²) in [5, 5.41) is 5.10. The van der Waals surface area contributed by atoms with Crippen LogP contribution in [0.5, 0.6) is 0 Å². The van der Waals surface area contributed by atoms with Crippen LogP contribution in [0.4, 0.5) is 0 Å². The van der Waals surface area contributed by atoms with E-state index in [0.717, 1.165) is 41.6 Å². The summed E-state index contributed by atoms with van der Waals surface area (Å²) in [5.41, 5.74) is 1.57. The Hall–Kier alpha value is -1.77. The summed E-state index contributed by atoms with van der Waals surface area (Å²) in [6.45, 7) is 4.49. The van der Waals surface area contributed by atoms with Crippen LogP contribution in [0.15, 0.2) is 23.2 Å². The Balaban J connectivity index is 1.64. The second-order valence-electron chi connectivity index (χ2n) is 6.42. The molecule has 0 unspecified atom stereocenters. The van der Waals surface area contributed by atoms with Gasteiger partial charge in [0.05, 0.1) is 11.7 Å². The zero-order valence-electron chi connectivity index (χ0n) is 14.4. The van der Waals surface area contributed by atoms with E-state index in [1.165, 1.54) is 0 Å². The highest BCUT2D eigenvalue weighted by Gasteiger charge is 2.27. The van der Waals surface area contributed by atoms with Gasteiger partial charge in [0.1, 0.15) is 5.01 Å². The highest BCUT2D eigenvalue weighted by molar-refractivity contribution is 7.15. The number of thiazole rings is 2. The van der Waals surface area contributed by atoms with E-state index in [0.29, 0.717) is 12.2 Å². The van der Waals surface area contributed by atoms with Crippen molar-refractivity contribution < 1.29 is 4.79 Å². The lowest BCUT2D eigenvalue weighted by Gasteiger charge is -2.23. The molecule has 1 fully saturated rings. The molecule has 0 bridgehead atoms. The SMILES string of the molecule is C[C@@H](c1nccs1)N(C)Cc1c(C(=O)N2CCCC2)nc2sccn12. The van der Waals surface area contributed by atoms with Crippen molar-refractivity contribution in [2.45, 2.75) is 32.4 Å². The van der Waals surface area contributed by atoms with Crippen LogP contribution >= 0.6 is 22.7 Å². The molecule has 1 amide bonds. The van der Waals surface area contributed by atoms with Gasteiger partial charge in [0.2, 0.25) is 0 Å². The van der Waals surface area contributed by atoms with Crippen LogP contribution < -0.4 is 0 Å². The van der Waals surface area contributed by atoms with E-state index in [-0.39, 0.29) is 11.9 Å². The Morgan fingerprint density at radius 3 is 2.84 bits per heavy atom. The minimum absolute atomic E-state index is 0.0682. The lowest BCUT2D eigenvalue weighted by atomic mass is 10.2. The van der Waals surface area contributed by atoms with Gasteiger partial charge >= 0.3 is 0 Å². The Morgan fingerprint density at radius 1 is 1.32 bits per heavy atom. The fraction of sp³-hybridized carbons (Fsp3) is 0.471. The molecule has 3 aromatic rings. The Bertz CT molecular complexity index is 863. The van der Waals surface area contributed by atoms with Crippen molar-refractivity contribution in [2.75, 3.05) is 20.1 Å². The average Bonchev–Trinajstić information content (AvgIpc) is 3.37. The molecular formula is C17H21N5OS2. The molecule has 0 aliphatic carbocycles. The lowest BCUT2D eigenvalue weighted by molar-refractivity contribution is 0.0785. The normalized spacial score (nSPS) is 16.2. The first kappa shape index (κ1) is 16.7. The van der Waals surface area contributed by atoms with Gasteiger partial charge in [-0.3, -0.25) is 14.1 Å². The van der Waals surface area contributed by atoms with Crippen LogP contribution in [0, 0.1) is 0 Å². The van der Waals surface area contributed by atoms with E-state index >= 15 is 0 Å². The van der Waals surface area contributed by atoms with E-state index in [1.807, 2.05) is 28.1 Å². The number of nitrogens with zero attached hydrogens (tertiary/aromatic N) is 5. The smallest absolute Gasteiger partial charge is 0.274 e. The molecule has 1 aliphatic rings. The molecule has 4 rings (SSSR count). The molecule has 8 heteroatoms. The van der Waals surface area contributed by atoms with E-state index in [9.17, 15) is 4.79 Å². The van der Waals surface area contributed by atoms with Crippen molar-refractivity contribution >= 4 is 33.5 Å². The summed E-state index contributed by atoms with van der Waals surface area (Å²) in [4.78, 5) is 27.0. The Morgan fingerprint density at radius 2 is 2.12 bits per heavy atom. The number of aromatic nitrogens is 3. The van der Waals surface area contributed by atoms with Gasteiger partial charge in [-0.05, 0) is 26.8 Å². The van der Waals surface area contributed by atoms with E-state index in [4.69, 9.17) is 0 Å². The monoisotopic (exact) mass is 375 g/mol. The summed E-state index contributed by atoms with van der Waals surface area (Å²) in [6.07, 6.45) is 6.02.